The number of benzene rings is 2. The maximum atomic E-state index is 11.9. The molecule has 0 atom stereocenters. The van der Waals surface area contributed by atoms with Crippen LogP contribution in [-0.2, 0) is 10.0 Å². The van der Waals surface area contributed by atoms with Gasteiger partial charge in [0.15, 0.2) is 9.87 Å². The van der Waals surface area contributed by atoms with Crippen molar-refractivity contribution in [1.29, 1.82) is 5.39 Å². The molecule has 0 heterocycles. The Hall–Kier alpha value is -1.88. The van der Waals surface area contributed by atoms with Crippen LogP contribution in [0.3, 0.4) is 0 Å². The zero-order valence-corrected chi connectivity index (χ0v) is 10.4. The third kappa shape index (κ3) is 1.76. The second kappa shape index (κ2) is 4.10. The van der Waals surface area contributed by atoms with Crippen LogP contribution in [0.4, 0.5) is 5.69 Å². The fourth-order valence-electron chi connectivity index (χ4n) is 1.68. The molecule has 0 spiro atoms. The largest absolute Gasteiger partial charge is 0.867 e. The number of fused-ring (bicyclic) bond motifs is 1. The molecule has 0 fully saturated rings. The van der Waals surface area contributed by atoms with Crippen molar-refractivity contribution < 1.29 is 13.5 Å². The summed E-state index contributed by atoms with van der Waals surface area (Å²) >= 11 is 5.91. The number of halogens is 1. The van der Waals surface area contributed by atoms with E-state index in [9.17, 15) is 13.5 Å². The number of hydrogen-bond acceptors (Lipinski definition) is 4. The van der Waals surface area contributed by atoms with Gasteiger partial charge in [-0.1, -0.05) is 35.9 Å². The van der Waals surface area contributed by atoms with Crippen LogP contribution >= 0.6 is 11.6 Å². The molecule has 2 aromatic rings. The summed E-state index contributed by atoms with van der Waals surface area (Å²) in [5, 5.41) is 25.9. The maximum absolute atomic E-state index is 11.9. The number of sulfonamides is 1. The summed E-state index contributed by atoms with van der Waals surface area (Å²) in [5.74, 6) is -0.749. The van der Waals surface area contributed by atoms with Gasteiger partial charge < -0.3 is 5.11 Å². The molecule has 8 heteroatoms. The van der Waals surface area contributed by atoms with Crippen molar-refractivity contribution in [3.63, 3.8) is 0 Å². The van der Waals surface area contributed by atoms with Gasteiger partial charge in [0.1, 0.15) is 0 Å². The Morgan fingerprint density at radius 1 is 1.28 bits per heavy atom. The number of hydrogen-bond donors (Lipinski definition) is 1. The molecule has 0 amide bonds. The molecule has 0 aliphatic carbocycles. The second-order valence-electron chi connectivity index (χ2n) is 3.51. The average molecular weight is 284 g/mol. The monoisotopic (exact) mass is 283 g/mol. The predicted octanol–water partition coefficient (Wildman–Crippen LogP) is 1.70. The van der Waals surface area contributed by atoms with Gasteiger partial charge in [0.05, 0.1) is 5.02 Å². The first-order chi connectivity index (χ1) is 8.38. The quantitative estimate of drug-likeness (QED) is 0.803. The fourth-order valence-corrected chi connectivity index (χ4v) is 3.02. The second-order valence-corrected chi connectivity index (χ2v) is 5.39. The number of rotatable bonds is 1. The molecule has 2 rings (SSSR count). The van der Waals surface area contributed by atoms with E-state index in [1.165, 1.54) is 12.1 Å². The van der Waals surface area contributed by atoms with Gasteiger partial charge in [-0.2, -0.15) is 0 Å². The smallest absolute Gasteiger partial charge is 0.399 e. The van der Waals surface area contributed by atoms with Gasteiger partial charge in [-0.05, 0) is 11.1 Å². The lowest BCUT2D eigenvalue weighted by Gasteiger charge is -2.11. The van der Waals surface area contributed by atoms with Crippen LogP contribution in [0.25, 0.3) is 15.7 Å². The fraction of sp³-hybridized carbons (Fsp3) is 0. The highest BCUT2D eigenvalue weighted by molar-refractivity contribution is 7.89. The lowest BCUT2D eigenvalue weighted by molar-refractivity contribution is -0.264. The first kappa shape index (κ1) is 12.6. The van der Waals surface area contributed by atoms with E-state index in [-0.39, 0.29) is 15.8 Å². The molecule has 0 unspecified atom stereocenters. The molecule has 0 aliphatic heterocycles. The predicted molar refractivity (Wildman–Crippen MR) is 64.5 cm³/mol. The van der Waals surface area contributed by atoms with Crippen molar-refractivity contribution in [2.24, 2.45) is 5.14 Å². The molecular formula is C10H6ClN3O3S. The van der Waals surface area contributed by atoms with Gasteiger partial charge in [0, 0.05) is 5.39 Å². The van der Waals surface area contributed by atoms with Crippen LogP contribution in [0.1, 0.15) is 0 Å². The van der Waals surface area contributed by atoms with Crippen molar-refractivity contribution in [3.8, 4) is 5.75 Å². The molecule has 2 aromatic carbocycles. The summed E-state index contributed by atoms with van der Waals surface area (Å²) in [6, 6.07) is 6.11. The van der Waals surface area contributed by atoms with Crippen molar-refractivity contribution >= 4 is 38.1 Å². The van der Waals surface area contributed by atoms with Crippen LogP contribution in [0.5, 0.6) is 5.75 Å². The minimum atomic E-state index is -4.28. The van der Waals surface area contributed by atoms with Crippen LogP contribution in [0.15, 0.2) is 29.2 Å². The molecule has 0 aromatic heterocycles. The summed E-state index contributed by atoms with van der Waals surface area (Å²) in [6.45, 7) is 0. The van der Waals surface area contributed by atoms with Crippen molar-refractivity contribution in [1.82, 2.24) is 0 Å². The normalized spacial score (nSPS) is 11.4. The molecule has 0 aliphatic rings. The van der Waals surface area contributed by atoms with Gasteiger partial charge in [-0.15, -0.1) is 0 Å². The lowest BCUT2D eigenvalue weighted by atomic mass is 10.1. The molecule has 92 valence electrons. The minimum absolute atomic E-state index is 0.155. The van der Waals surface area contributed by atoms with E-state index in [0.29, 0.717) is 0 Å². The van der Waals surface area contributed by atoms with Crippen molar-refractivity contribution in [2.45, 2.75) is 4.90 Å². The first-order valence-electron chi connectivity index (χ1n) is 4.67. The summed E-state index contributed by atoms with van der Waals surface area (Å²) in [4.78, 5) is 2.02. The van der Waals surface area contributed by atoms with E-state index in [2.05, 4.69) is 4.98 Å². The van der Waals surface area contributed by atoms with E-state index in [4.69, 9.17) is 22.1 Å². The Kier molecular flexibility index (Phi) is 2.86. The minimum Gasteiger partial charge on any atom is -0.867 e. The lowest BCUT2D eigenvalue weighted by Crippen LogP contribution is -2.14. The summed E-state index contributed by atoms with van der Waals surface area (Å²) in [6.07, 6.45) is 0. The zero-order chi connectivity index (χ0) is 13.5. The first-order valence-corrected chi connectivity index (χ1v) is 6.59. The number of diazo groups is 1. The van der Waals surface area contributed by atoms with Crippen LogP contribution in [0, 0.1) is 5.39 Å². The Bertz CT molecular complexity index is 796. The average Bonchev–Trinajstić information content (AvgIpc) is 2.32. The van der Waals surface area contributed by atoms with Gasteiger partial charge in [0.25, 0.3) is 0 Å². The molecule has 0 bridgehead atoms. The molecule has 0 radical (unpaired) electrons. The molecule has 18 heavy (non-hydrogen) atoms. The Morgan fingerprint density at radius 3 is 2.33 bits per heavy atom. The Balaban J connectivity index is 3.14. The van der Waals surface area contributed by atoms with Crippen LogP contribution in [0.2, 0.25) is 5.02 Å². The third-order valence-corrected chi connectivity index (χ3v) is 3.89. The van der Waals surface area contributed by atoms with Gasteiger partial charge in [-0.25, -0.2) is 13.6 Å². The number of nitrogens with two attached hydrogens (primary N) is 1. The highest BCUT2D eigenvalue weighted by Gasteiger charge is 2.30. The van der Waals surface area contributed by atoms with Gasteiger partial charge in [-0.3, -0.25) is 0 Å². The highest BCUT2D eigenvalue weighted by Crippen LogP contribution is 2.43. The molecule has 0 saturated carbocycles. The maximum Gasteiger partial charge on any atom is 0.399 e. The van der Waals surface area contributed by atoms with E-state index < -0.39 is 26.4 Å². The number of primary sulfonamides is 1. The molecular weight excluding hydrogens is 278 g/mol. The van der Waals surface area contributed by atoms with Crippen LogP contribution in [-0.4, -0.2) is 8.42 Å². The Morgan fingerprint density at radius 2 is 1.83 bits per heavy atom. The standard InChI is InChI=1S/C10H6ClN3O3S/c11-7-5-3-1-2-4-6(5)9(15)8(14-12)10(7)18(13,16)17/h1-4H,(H2-,13,15,16,17). The molecule has 0 saturated heterocycles. The van der Waals surface area contributed by atoms with Gasteiger partial charge >= 0.3 is 5.69 Å². The summed E-state index contributed by atoms with van der Waals surface area (Å²) in [5.41, 5.74) is -0.679. The van der Waals surface area contributed by atoms with E-state index in [1.54, 1.807) is 12.1 Å². The topological polar surface area (TPSA) is 111 Å². The highest BCUT2D eigenvalue weighted by atomic mass is 35.5. The molecule has 2 N–H and O–H groups in total. The zero-order valence-electron chi connectivity index (χ0n) is 8.79. The van der Waals surface area contributed by atoms with Crippen molar-refractivity contribution in [2.75, 3.05) is 0 Å². The third-order valence-electron chi connectivity index (χ3n) is 2.42. The Labute approximate surface area is 107 Å². The summed E-state index contributed by atoms with van der Waals surface area (Å²) in [7, 11) is -4.28. The van der Waals surface area contributed by atoms with Crippen LogP contribution < -0.4 is 10.2 Å². The SMILES string of the molecule is N#[N+]c1c(S(N)(=O)=O)c(Cl)c2ccccc2c1[O-]. The molecule has 6 nitrogen and oxygen atoms in total. The van der Waals surface area contributed by atoms with Crippen molar-refractivity contribution in [3.05, 3.63) is 34.3 Å². The summed E-state index contributed by atoms with van der Waals surface area (Å²) < 4.78 is 22.8. The van der Waals surface area contributed by atoms with E-state index in [1.807, 2.05) is 0 Å². The van der Waals surface area contributed by atoms with Gasteiger partial charge in [0.2, 0.25) is 15.4 Å². The van der Waals surface area contributed by atoms with E-state index in [0.717, 1.165) is 0 Å². The van der Waals surface area contributed by atoms with E-state index >= 15 is 0 Å². The number of nitrogens with zero attached hydrogens (tertiary/aromatic N) is 2.